The highest BCUT2D eigenvalue weighted by molar-refractivity contribution is 7.94. The van der Waals surface area contributed by atoms with Gasteiger partial charge in [0, 0.05) is 17.7 Å². The fraction of sp³-hybridized carbons (Fsp3) is 0.600. The number of ether oxygens (including phenoxy) is 2. The van der Waals surface area contributed by atoms with E-state index >= 15 is 0 Å². The normalized spacial score (nSPS) is 27.4. The van der Waals surface area contributed by atoms with Gasteiger partial charge in [0.05, 0.1) is 11.9 Å². The lowest BCUT2D eigenvalue weighted by Gasteiger charge is -2.44. The second kappa shape index (κ2) is 6.62. The summed E-state index contributed by atoms with van der Waals surface area (Å²) in [5, 5.41) is 1.76. The van der Waals surface area contributed by atoms with E-state index in [-0.39, 0.29) is 18.9 Å². The third-order valence-corrected chi connectivity index (χ3v) is 8.49. The van der Waals surface area contributed by atoms with Gasteiger partial charge in [0.15, 0.2) is 9.84 Å². The van der Waals surface area contributed by atoms with Crippen molar-refractivity contribution in [1.82, 2.24) is 5.32 Å². The maximum Gasteiger partial charge on any atom is 0.413 e. The molecule has 8 nitrogen and oxygen atoms in total. The van der Waals surface area contributed by atoms with Gasteiger partial charge in [-0.05, 0) is 59.7 Å². The Morgan fingerprint density at radius 3 is 2.59 bits per heavy atom. The van der Waals surface area contributed by atoms with E-state index in [1.165, 1.54) is 0 Å². The van der Waals surface area contributed by atoms with Gasteiger partial charge >= 0.3 is 6.09 Å². The monoisotopic (exact) mass is 423 g/mol. The van der Waals surface area contributed by atoms with Crippen LogP contribution in [0.4, 0.5) is 10.5 Å². The molecule has 1 amide bonds. The van der Waals surface area contributed by atoms with Gasteiger partial charge in [-0.3, -0.25) is 10.3 Å². The second-order valence-electron chi connectivity index (χ2n) is 9.17. The molecule has 1 aromatic rings. The van der Waals surface area contributed by atoms with Crippen LogP contribution in [0, 0.1) is 0 Å². The lowest BCUT2D eigenvalue weighted by molar-refractivity contribution is 0.0560. The van der Waals surface area contributed by atoms with Crippen molar-refractivity contribution in [3.8, 4) is 5.75 Å². The molecular formula is C20H29N3O5S. The minimum atomic E-state index is -3.76. The number of benzene rings is 1. The molecule has 0 spiro atoms. The number of nitrogens with zero attached hydrogens (tertiary/aromatic N) is 1. The molecule has 9 heteroatoms. The van der Waals surface area contributed by atoms with Gasteiger partial charge in [-0.1, -0.05) is 0 Å². The van der Waals surface area contributed by atoms with E-state index in [0.29, 0.717) is 17.0 Å². The van der Waals surface area contributed by atoms with Crippen LogP contribution < -0.4 is 15.8 Å². The van der Waals surface area contributed by atoms with Gasteiger partial charge in [-0.2, -0.15) is 0 Å². The number of rotatable bonds is 0. The highest BCUT2D eigenvalue weighted by atomic mass is 32.2. The predicted octanol–water partition coefficient (Wildman–Crippen LogP) is 2.77. The van der Waals surface area contributed by atoms with Gasteiger partial charge in [-0.15, -0.1) is 0 Å². The zero-order valence-corrected chi connectivity index (χ0v) is 18.5. The fourth-order valence-electron chi connectivity index (χ4n) is 3.82. The summed E-state index contributed by atoms with van der Waals surface area (Å²) < 4.78 is 37.0. The molecule has 0 radical (unpaired) electrons. The number of amides is 1. The van der Waals surface area contributed by atoms with E-state index in [1.54, 1.807) is 59.7 Å². The minimum Gasteiger partial charge on any atom is -0.493 e. The van der Waals surface area contributed by atoms with Crippen molar-refractivity contribution in [1.29, 1.82) is 0 Å². The Morgan fingerprint density at radius 1 is 1.31 bits per heavy atom. The van der Waals surface area contributed by atoms with Crippen molar-refractivity contribution in [3.63, 3.8) is 0 Å². The van der Waals surface area contributed by atoms with Crippen LogP contribution in [-0.2, 0) is 20.1 Å². The molecule has 29 heavy (non-hydrogen) atoms. The zero-order valence-electron chi connectivity index (χ0n) is 17.7. The summed E-state index contributed by atoms with van der Waals surface area (Å²) in [6, 6.07) is 5.12. The van der Waals surface area contributed by atoms with Gasteiger partial charge in [-0.25, -0.2) is 13.2 Å². The molecule has 0 bridgehead atoms. The van der Waals surface area contributed by atoms with Crippen LogP contribution in [0.1, 0.15) is 53.5 Å². The number of anilines is 1. The summed E-state index contributed by atoms with van der Waals surface area (Å²) in [6.07, 6.45) is -0.473. The smallest absolute Gasteiger partial charge is 0.413 e. The number of aliphatic imine (C=N–C) groups is 1. The Balaban J connectivity index is 2.18. The lowest BCUT2D eigenvalue weighted by Crippen LogP contribution is -2.61. The SMILES string of the molecule is CC(C)(C)OC(=O)NC1=N[C@]2(C)c3cc(N)ccc3OCC[C@H]2S(=O)(=O)C1(C)C. The molecule has 2 atom stereocenters. The van der Waals surface area contributed by atoms with Gasteiger partial charge in [0.25, 0.3) is 0 Å². The van der Waals surface area contributed by atoms with Crippen LogP contribution in [0.15, 0.2) is 23.2 Å². The summed E-state index contributed by atoms with van der Waals surface area (Å²) in [5.41, 5.74) is 5.14. The summed E-state index contributed by atoms with van der Waals surface area (Å²) >= 11 is 0. The molecule has 0 unspecified atom stereocenters. The first-order valence-corrected chi connectivity index (χ1v) is 11.1. The van der Waals surface area contributed by atoms with Crippen molar-refractivity contribution < 1.29 is 22.7 Å². The second-order valence-corrected chi connectivity index (χ2v) is 11.9. The highest BCUT2D eigenvalue weighted by Gasteiger charge is 2.58. The predicted molar refractivity (Wildman–Crippen MR) is 112 cm³/mol. The summed E-state index contributed by atoms with van der Waals surface area (Å²) in [5.74, 6) is 0.584. The fourth-order valence-corrected chi connectivity index (χ4v) is 6.09. The maximum atomic E-state index is 13.6. The molecule has 0 fully saturated rings. The summed E-state index contributed by atoms with van der Waals surface area (Å²) in [6.45, 7) is 10.3. The van der Waals surface area contributed by atoms with E-state index < -0.39 is 37.1 Å². The summed E-state index contributed by atoms with van der Waals surface area (Å²) in [4.78, 5) is 17.2. The molecule has 3 rings (SSSR count). The first-order valence-electron chi connectivity index (χ1n) is 9.55. The van der Waals surface area contributed by atoms with E-state index in [4.69, 9.17) is 20.2 Å². The number of sulfone groups is 1. The third-order valence-electron chi connectivity index (χ3n) is 5.43. The molecule has 3 N–H and O–H groups in total. The molecule has 0 saturated heterocycles. The van der Waals surface area contributed by atoms with Gasteiger partial charge in [0.1, 0.15) is 27.5 Å². The molecule has 160 valence electrons. The average molecular weight is 424 g/mol. The van der Waals surface area contributed by atoms with E-state index in [9.17, 15) is 13.2 Å². The quantitative estimate of drug-likeness (QED) is 0.619. The van der Waals surface area contributed by atoms with Crippen molar-refractivity contribution in [2.24, 2.45) is 4.99 Å². The lowest BCUT2D eigenvalue weighted by atomic mass is 9.86. The van der Waals surface area contributed by atoms with Crippen LogP contribution in [0.5, 0.6) is 5.75 Å². The number of nitrogens with one attached hydrogen (secondary N) is 1. The van der Waals surface area contributed by atoms with Crippen LogP contribution in [0.25, 0.3) is 0 Å². The van der Waals surface area contributed by atoms with Crippen LogP contribution in [-0.4, -0.2) is 42.6 Å². The minimum absolute atomic E-state index is 0.0424. The number of alkyl carbamates (subject to hydrolysis) is 1. The Hall–Kier alpha value is -2.29. The van der Waals surface area contributed by atoms with E-state index in [1.807, 2.05) is 0 Å². The molecule has 2 aliphatic rings. The summed E-state index contributed by atoms with van der Waals surface area (Å²) in [7, 11) is -3.76. The molecular weight excluding hydrogens is 394 g/mol. The number of hydrogen-bond acceptors (Lipinski definition) is 7. The molecule has 0 saturated carbocycles. The molecule has 0 aliphatic carbocycles. The van der Waals surface area contributed by atoms with Crippen molar-refractivity contribution in [2.45, 2.75) is 69.1 Å². The average Bonchev–Trinajstić information content (AvgIpc) is 2.69. The Bertz CT molecular complexity index is 978. The number of nitrogens with two attached hydrogens (primary N) is 1. The largest absolute Gasteiger partial charge is 0.493 e. The molecule has 0 aromatic heterocycles. The van der Waals surface area contributed by atoms with Crippen LogP contribution >= 0.6 is 0 Å². The Morgan fingerprint density at radius 2 is 1.97 bits per heavy atom. The third kappa shape index (κ3) is 3.56. The Labute approximate surface area is 171 Å². The first kappa shape index (κ1) is 21.4. The van der Waals surface area contributed by atoms with Crippen molar-refractivity contribution in [2.75, 3.05) is 12.3 Å². The van der Waals surface area contributed by atoms with Crippen molar-refractivity contribution >= 4 is 27.5 Å². The molecule has 2 aliphatic heterocycles. The van der Waals surface area contributed by atoms with Crippen molar-refractivity contribution in [3.05, 3.63) is 23.8 Å². The zero-order chi connectivity index (χ0) is 21.8. The van der Waals surface area contributed by atoms with E-state index in [2.05, 4.69) is 5.32 Å². The number of hydrogen-bond donors (Lipinski definition) is 2. The molecule has 2 heterocycles. The Kier molecular flexibility index (Phi) is 4.89. The number of amidine groups is 1. The topological polar surface area (TPSA) is 120 Å². The van der Waals surface area contributed by atoms with E-state index in [0.717, 1.165) is 0 Å². The maximum absolute atomic E-state index is 13.6. The standard InChI is InChI=1S/C20H29N3O5S/c1-18(2,3)28-17(24)22-16-19(4,5)29(25,26)15-9-10-27-14-8-7-12(21)11-13(14)20(15,6)23-16/h7-8,11,15H,9-10,21H2,1-6H3,(H,22,23,24)/t15-,20-/m1/s1. The van der Waals surface area contributed by atoms with Gasteiger partial charge < -0.3 is 15.2 Å². The number of carbonyl (C=O) groups is 1. The highest BCUT2D eigenvalue weighted by Crippen LogP contribution is 2.48. The number of carbonyl (C=O) groups excluding carboxylic acids is 1. The van der Waals surface area contributed by atoms with Gasteiger partial charge in [0.2, 0.25) is 0 Å². The number of nitrogen functional groups attached to an aromatic ring is 1. The first-order chi connectivity index (χ1) is 13.2. The number of fused-ring (bicyclic) bond motifs is 3. The van der Waals surface area contributed by atoms with Crippen LogP contribution in [0.2, 0.25) is 0 Å². The van der Waals surface area contributed by atoms with Crippen LogP contribution in [0.3, 0.4) is 0 Å². The molecule has 1 aromatic carbocycles.